The number of aliphatic hydroxyl groups is 1. The topological polar surface area (TPSA) is 20.2 Å². The molecule has 0 fully saturated rings. The molecule has 1 unspecified atom stereocenters. The smallest absolute Gasteiger partial charge is 0.388 e. The van der Waals surface area contributed by atoms with Gasteiger partial charge in [0.15, 0.2) is 11.6 Å². The number of alkyl halides is 3. The molecule has 1 nitrogen and oxygen atoms in total. The molecule has 0 spiro atoms. The summed E-state index contributed by atoms with van der Waals surface area (Å²) in [5.41, 5.74) is -1.54. The maximum atomic E-state index is 13.5. The minimum atomic E-state index is -4.63. The zero-order valence-electron chi connectivity index (χ0n) is 10.7. The van der Waals surface area contributed by atoms with Crippen molar-refractivity contribution in [1.29, 1.82) is 0 Å². The van der Waals surface area contributed by atoms with Crippen molar-refractivity contribution in [3.05, 3.63) is 70.8 Å². The molecule has 0 radical (unpaired) electrons. The molecule has 2 rings (SSSR count). The van der Waals surface area contributed by atoms with Crippen molar-refractivity contribution in [2.75, 3.05) is 0 Å². The Hall–Kier alpha value is -1.95. The van der Waals surface area contributed by atoms with Gasteiger partial charge in [0, 0.05) is 6.42 Å². The third-order valence-electron chi connectivity index (χ3n) is 3.07. The van der Waals surface area contributed by atoms with Crippen molar-refractivity contribution in [3.63, 3.8) is 0 Å². The molecule has 2 aromatic rings. The van der Waals surface area contributed by atoms with E-state index >= 15 is 0 Å². The number of rotatable bonds is 3. The van der Waals surface area contributed by atoms with E-state index in [1.807, 2.05) is 0 Å². The summed E-state index contributed by atoms with van der Waals surface area (Å²) >= 11 is 0. The number of hydrogen-bond donors (Lipinski definition) is 1. The average molecular weight is 302 g/mol. The van der Waals surface area contributed by atoms with Gasteiger partial charge in [0.2, 0.25) is 0 Å². The predicted octanol–water partition coefficient (Wildman–Crippen LogP) is 4.26. The Morgan fingerprint density at radius 3 is 2.29 bits per heavy atom. The van der Waals surface area contributed by atoms with Crippen LogP contribution in [0.3, 0.4) is 0 Å². The first kappa shape index (κ1) is 15.4. The Labute approximate surface area is 117 Å². The SMILES string of the molecule is OC(Cc1cccc(F)c1F)c1ccccc1C(F)(F)F. The monoisotopic (exact) mass is 302 g/mol. The van der Waals surface area contributed by atoms with E-state index in [1.54, 1.807) is 0 Å². The van der Waals surface area contributed by atoms with E-state index in [2.05, 4.69) is 0 Å². The lowest BCUT2D eigenvalue weighted by atomic mass is 9.96. The van der Waals surface area contributed by atoms with Crippen molar-refractivity contribution in [2.45, 2.75) is 18.7 Å². The van der Waals surface area contributed by atoms with Crippen LogP contribution in [0, 0.1) is 11.6 Å². The van der Waals surface area contributed by atoms with Crippen LogP contribution in [-0.2, 0) is 12.6 Å². The van der Waals surface area contributed by atoms with Crippen LogP contribution in [0.5, 0.6) is 0 Å². The molecule has 0 heterocycles. The van der Waals surface area contributed by atoms with Gasteiger partial charge in [-0.1, -0.05) is 30.3 Å². The summed E-state index contributed by atoms with van der Waals surface area (Å²) in [5, 5.41) is 9.94. The second kappa shape index (κ2) is 5.81. The Kier molecular flexibility index (Phi) is 4.27. The molecule has 0 saturated carbocycles. The maximum Gasteiger partial charge on any atom is 0.416 e. The molecule has 112 valence electrons. The van der Waals surface area contributed by atoms with Crippen LogP contribution in [0.2, 0.25) is 0 Å². The number of benzene rings is 2. The Bertz CT molecular complexity index is 636. The molecule has 21 heavy (non-hydrogen) atoms. The first-order chi connectivity index (χ1) is 9.80. The molecule has 0 aliphatic carbocycles. The van der Waals surface area contributed by atoms with Gasteiger partial charge in [-0.15, -0.1) is 0 Å². The minimum absolute atomic E-state index is 0.181. The normalized spacial score (nSPS) is 13.2. The lowest BCUT2D eigenvalue weighted by Crippen LogP contribution is -2.13. The highest BCUT2D eigenvalue weighted by atomic mass is 19.4. The highest BCUT2D eigenvalue weighted by Crippen LogP contribution is 2.35. The van der Waals surface area contributed by atoms with Crippen LogP contribution in [0.1, 0.15) is 22.8 Å². The van der Waals surface area contributed by atoms with E-state index in [0.29, 0.717) is 0 Å². The number of halogens is 5. The van der Waals surface area contributed by atoms with E-state index in [0.717, 1.165) is 18.2 Å². The van der Waals surface area contributed by atoms with Gasteiger partial charge < -0.3 is 5.11 Å². The van der Waals surface area contributed by atoms with Crippen LogP contribution in [0.25, 0.3) is 0 Å². The van der Waals surface area contributed by atoms with Crippen molar-refractivity contribution in [2.24, 2.45) is 0 Å². The maximum absolute atomic E-state index is 13.5. The fourth-order valence-corrected chi connectivity index (χ4v) is 2.07. The van der Waals surface area contributed by atoms with Crippen LogP contribution in [0.15, 0.2) is 42.5 Å². The summed E-state index contributed by atoms with van der Waals surface area (Å²) in [6.07, 6.45) is -6.66. The second-order valence-corrected chi connectivity index (χ2v) is 4.52. The molecule has 0 saturated heterocycles. The van der Waals surface area contributed by atoms with Crippen molar-refractivity contribution in [3.8, 4) is 0 Å². The van der Waals surface area contributed by atoms with E-state index in [9.17, 15) is 27.1 Å². The highest BCUT2D eigenvalue weighted by molar-refractivity contribution is 5.33. The standard InChI is InChI=1S/C15H11F5O/c16-12-7-3-4-9(14(12)17)8-13(21)10-5-1-2-6-11(10)15(18,19)20/h1-7,13,21H,8H2. The van der Waals surface area contributed by atoms with E-state index in [1.165, 1.54) is 24.3 Å². The van der Waals surface area contributed by atoms with Crippen LogP contribution in [-0.4, -0.2) is 5.11 Å². The van der Waals surface area contributed by atoms with Crippen LogP contribution >= 0.6 is 0 Å². The van der Waals surface area contributed by atoms with Crippen LogP contribution in [0.4, 0.5) is 22.0 Å². The Morgan fingerprint density at radius 2 is 1.62 bits per heavy atom. The average Bonchev–Trinajstić information content (AvgIpc) is 2.43. The summed E-state index contributed by atoms with van der Waals surface area (Å²) in [5.74, 6) is -2.27. The third kappa shape index (κ3) is 3.39. The molecule has 0 aliphatic rings. The molecule has 0 aromatic heterocycles. The molecule has 6 heteroatoms. The van der Waals surface area contributed by atoms with Crippen molar-refractivity contribution < 1.29 is 27.1 Å². The third-order valence-corrected chi connectivity index (χ3v) is 3.07. The fraction of sp³-hybridized carbons (Fsp3) is 0.200. The molecular formula is C15H11F5O. The Balaban J connectivity index is 2.33. The van der Waals surface area contributed by atoms with Gasteiger partial charge in [0.1, 0.15) is 0 Å². The second-order valence-electron chi connectivity index (χ2n) is 4.52. The lowest BCUT2D eigenvalue weighted by molar-refractivity contribution is -0.139. The van der Waals surface area contributed by atoms with Crippen molar-refractivity contribution >= 4 is 0 Å². The first-order valence-electron chi connectivity index (χ1n) is 6.07. The van der Waals surface area contributed by atoms with Gasteiger partial charge in [-0.25, -0.2) is 8.78 Å². The van der Waals surface area contributed by atoms with Gasteiger partial charge in [0.05, 0.1) is 11.7 Å². The van der Waals surface area contributed by atoms with E-state index < -0.39 is 35.9 Å². The van der Waals surface area contributed by atoms with Gasteiger partial charge in [-0.3, -0.25) is 0 Å². The summed E-state index contributed by atoms with van der Waals surface area (Å²) in [7, 11) is 0. The molecular weight excluding hydrogens is 291 g/mol. The van der Waals surface area contributed by atoms with Gasteiger partial charge in [-0.05, 0) is 23.3 Å². The fourth-order valence-electron chi connectivity index (χ4n) is 2.07. The largest absolute Gasteiger partial charge is 0.416 e. The first-order valence-corrected chi connectivity index (χ1v) is 6.07. The van der Waals surface area contributed by atoms with Gasteiger partial charge >= 0.3 is 6.18 Å². The summed E-state index contributed by atoms with van der Waals surface area (Å²) < 4.78 is 65.1. The van der Waals surface area contributed by atoms with E-state index in [-0.39, 0.29) is 11.1 Å². The zero-order chi connectivity index (χ0) is 15.6. The minimum Gasteiger partial charge on any atom is -0.388 e. The van der Waals surface area contributed by atoms with Crippen molar-refractivity contribution in [1.82, 2.24) is 0 Å². The molecule has 0 amide bonds. The molecule has 1 N–H and O–H groups in total. The van der Waals surface area contributed by atoms with Gasteiger partial charge in [0.25, 0.3) is 0 Å². The summed E-state index contributed by atoms with van der Waals surface area (Å²) in [6, 6.07) is 7.84. The zero-order valence-corrected chi connectivity index (χ0v) is 10.7. The molecule has 2 aromatic carbocycles. The number of aliphatic hydroxyl groups excluding tert-OH is 1. The molecule has 1 atom stereocenters. The molecule has 0 bridgehead atoms. The summed E-state index contributed by atoms with van der Waals surface area (Å²) in [4.78, 5) is 0. The van der Waals surface area contributed by atoms with Gasteiger partial charge in [-0.2, -0.15) is 13.2 Å². The lowest BCUT2D eigenvalue weighted by Gasteiger charge is -2.17. The predicted molar refractivity (Wildman–Crippen MR) is 66.5 cm³/mol. The number of hydrogen-bond acceptors (Lipinski definition) is 1. The summed E-state index contributed by atoms with van der Waals surface area (Å²) in [6.45, 7) is 0. The molecule has 0 aliphatic heterocycles. The quantitative estimate of drug-likeness (QED) is 0.840. The van der Waals surface area contributed by atoms with Crippen LogP contribution < -0.4 is 0 Å². The Morgan fingerprint density at radius 1 is 0.952 bits per heavy atom. The van der Waals surface area contributed by atoms with E-state index in [4.69, 9.17) is 0 Å². The highest BCUT2D eigenvalue weighted by Gasteiger charge is 2.34.